The Balaban J connectivity index is 2.12. The maximum absolute atomic E-state index is 5.72. The van der Waals surface area contributed by atoms with Crippen LogP contribution in [0.2, 0.25) is 0 Å². The van der Waals surface area contributed by atoms with Gasteiger partial charge in [-0.15, -0.1) is 0 Å². The van der Waals surface area contributed by atoms with Crippen LogP contribution in [0, 0.1) is 0 Å². The molecule has 18 heavy (non-hydrogen) atoms. The average Bonchev–Trinajstić information content (AvgIpc) is 2.39. The number of likely N-dealkylation sites (N-methyl/N-ethyl adjacent to an activating group) is 1. The van der Waals surface area contributed by atoms with Crippen LogP contribution in [0.3, 0.4) is 0 Å². The van der Waals surface area contributed by atoms with Gasteiger partial charge in [-0.05, 0) is 38.9 Å². The van der Waals surface area contributed by atoms with Gasteiger partial charge in [0.1, 0.15) is 5.75 Å². The number of nitrogens with zero attached hydrogens (tertiary/aromatic N) is 1. The summed E-state index contributed by atoms with van der Waals surface area (Å²) in [5, 5.41) is 0.987. The van der Waals surface area contributed by atoms with E-state index in [9.17, 15) is 0 Å². The van der Waals surface area contributed by atoms with Crippen molar-refractivity contribution < 1.29 is 4.74 Å². The highest BCUT2D eigenvalue weighted by Crippen LogP contribution is 2.34. The molecule has 0 bridgehead atoms. The fourth-order valence-electron chi connectivity index (χ4n) is 2.29. The second kappa shape index (κ2) is 5.62. The first-order valence-electron chi connectivity index (χ1n) is 6.53. The zero-order valence-corrected chi connectivity index (χ0v) is 13.0. The summed E-state index contributed by atoms with van der Waals surface area (Å²) < 4.78 is 5.72. The van der Waals surface area contributed by atoms with Gasteiger partial charge in [0, 0.05) is 23.3 Å². The van der Waals surface area contributed by atoms with Gasteiger partial charge in [0.25, 0.3) is 0 Å². The first-order chi connectivity index (χ1) is 8.54. The Morgan fingerprint density at radius 3 is 2.83 bits per heavy atom. The maximum Gasteiger partial charge on any atom is 0.122 e. The number of ether oxygens (including phenoxy) is 1. The lowest BCUT2D eigenvalue weighted by Gasteiger charge is -2.38. The molecule has 2 nitrogen and oxygen atoms in total. The molecule has 1 aromatic carbocycles. The van der Waals surface area contributed by atoms with Crippen LogP contribution < -0.4 is 4.74 Å². The number of hydrogen-bond donors (Lipinski definition) is 0. The zero-order valence-electron chi connectivity index (χ0n) is 11.4. The molecule has 0 spiro atoms. The van der Waals surface area contributed by atoms with Gasteiger partial charge in [0.05, 0.1) is 6.61 Å². The summed E-state index contributed by atoms with van der Waals surface area (Å²) in [7, 11) is 2.21. The lowest BCUT2D eigenvalue weighted by Crippen LogP contribution is -2.45. The van der Waals surface area contributed by atoms with Gasteiger partial charge in [0.2, 0.25) is 0 Å². The van der Waals surface area contributed by atoms with Crippen LogP contribution in [0.25, 0.3) is 0 Å². The lowest BCUT2D eigenvalue weighted by molar-refractivity contribution is 0.154. The minimum Gasteiger partial charge on any atom is -0.493 e. The molecule has 0 amide bonds. The van der Waals surface area contributed by atoms with Crippen molar-refractivity contribution in [3.63, 3.8) is 0 Å². The van der Waals surface area contributed by atoms with E-state index in [0.717, 1.165) is 30.7 Å². The Hall–Kier alpha value is -0.540. The smallest absolute Gasteiger partial charge is 0.122 e. The van der Waals surface area contributed by atoms with Gasteiger partial charge < -0.3 is 4.74 Å². The molecule has 1 atom stereocenters. The average molecular weight is 312 g/mol. The summed E-state index contributed by atoms with van der Waals surface area (Å²) in [6.45, 7) is 6.46. The van der Waals surface area contributed by atoms with Crippen molar-refractivity contribution in [3.8, 4) is 5.75 Å². The molecule has 100 valence electrons. The summed E-state index contributed by atoms with van der Waals surface area (Å²) >= 11 is 3.60. The van der Waals surface area contributed by atoms with Crippen LogP contribution in [0.15, 0.2) is 24.3 Å². The maximum atomic E-state index is 5.72. The highest BCUT2D eigenvalue weighted by atomic mass is 79.9. The van der Waals surface area contributed by atoms with Crippen molar-refractivity contribution in [2.24, 2.45) is 0 Å². The Morgan fingerprint density at radius 2 is 2.11 bits per heavy atom. The quantitative estimate of drug-likeness (QED) is 0.787. The number of rotatable bonds is 4. The highest BCUT2D eigenvalue weighted by molar-refractivity contribution is 9.09. The molecule has 0 N–H and O–H groups in total. The number of hydrogen-bond acceptors (Lipinski definition) is 2. The van der Waals surface area contributed by atoms with Gasteiger partial charge in [-0.3, -0.25) is 4.90 Å². The molecular weight excluding hydrogens is 290 g/mol. The second-order valence-corrected chi connectivity index (χ2v) is 6.26. The summed E-state index contributed by atoms with van der Waals surface area (Å²) in [4.78, 5) is 2.44. The SMILES string of the molecule is CN(CC1CCOc2ccccc21)C(C)(C)CBr. The molecule has 2 rings (SSSR count). The monoisotopic (exact) mass is 311 g/mol. The fourth-order valence-corrected chi connectivity index (χ4v) is 2.71. The summed E-state index contributed by atoms with van der Waals surface area (Å²) in [6, 6.07) is 8.44. The van der Waals surface area contributed by atoms with Crippen molar-refractivity contribution in [1.82, 2.24) is 4.90 Å². The second-order valence-electron chi connectivity index (χ2n) is 5.70. The van der Waals surface area contributed by atoms with E-state index < -0.39 is 0 Å². The Bertz CT molecular complexity index is 405. The highest BCUT2D eigenvalue weighted by Gasteiger charge is 2.28. The molecule has 1 aliphatic rings. The lowest BCUT2D eigenvalue weighted by atomic mass is 9.91. The summed E-state index contributed by atoms with van der Waals surface area (Å²) in [5.74, 6) is 1.65. The van der Waals surface area contributed by atoms with E-state index in [2.05, 4.69) is 59.9 Å². The third kappa shape index (κ3) is 2.89. The minimum atomic E-state index is 0.188. The van der Waals surface area contributed by atoms with Gasteiger partial charge in [0.15, 0.2) is 0 Å². The summed E-state index contributed by atoms with van der Waals surface area (Å²) in [6.07, 6.45) is 1.11. The first kappa shape index (κ1) is 13.9. The van der Waals surface area contributed by atoms with Gasteiger partial charge in [-0.1, -0.05) is 34.1 Å². The minimum absolute atomic E-state index is 0.188. The molecule has 0 fully saturated rings. The predicted octanol–water partition coefficient (Wildman–Crippen LogP) is 3.66. The Kier molecular flexibility index (Phi) is 4.33. The van der Waals surface area contributed by atoms with Crippen LogP contribution in [0.1, 0.15) is 31.7 Å². The van der Waals surface area contributed by atoms with E-state index in [-0.39, 0.29) is 5.54 Å². The van der Waals surface area contributed by atoms with Gasteiger partial charge in [-0.25, -0.2) is 0 Å². The van der Waals surface area contributed by atoms with Crippen LogP contribution in [0.4, 0.5) is 0 Å². The normalized spacial score (nSPS) is 19.5. The van der Waals surface area contributed by atoms with E-state index in [4.69, 9.17) is 4.74 Å². The topological polar surface area (TPSA) is 12.5 Å². The van der Waals surface area contributed by atoms with Crippen LogP contribution >= 0.6 is 15.9 Å². The van der Waals surface area contributed by atoms with Crippen molar-refractivity contribution in [1.29, 1.82) is 0 Å². The van der Waals surface area contributed by atoms with Crippen molar-refractivity contribution >= 4 is 15.9 Å². The number of alkyl halides is 1. The molecule has 0 aromatic heterocycles. The van der Waals surface area contributed by atoms with Gasteiger partial charge >= 0.3 is 0 Å². The molecule has 1 unspecified atom stereocenters. The Morgan fingerprint density at radius 1 is 1.39 bits per heavy atom. The number of fused-ring (bicyclic) bond motifs is 1. The van der Waals surface area contributed by atoms with E-state index >= 15 is 0 Å². The zero-order chi connectivity index (χ0) is 13.2. The molecule has 1 aliphatic heterocycles. The third-order valence-electron chi connectivity index (χ3n) is 3.94. The molecule has 0 saturated carbocycles. The molecule has 1 heterocycles. The molecule has 0 saturated heterocycles. The van der Waals surface area contributed by atoms with E-state index in [0.29, 0.717) is 5.92 Å². The molecule has 3 heteroatoms. The van der Waals surface area contributed by atoms with E-state index in [1.165, 1.54) is 5.56 Å². The van der Waals surface area contributed by atoms with E-state index in [1.807, 2.05) is 6.07 Å². The number of para-hydroxylation sites is 1. The number of benzene rings is 1. The summed E-state index contributed by atoms with van der Waals surface area (Å²) in [5.41, 5.74) is 1.55. The van der Waals surface area contributed by atoms with Crippen molar-refractivity contribution in [2.45, 2.75) is 31.7 Å². The molecule has 0 radical (unpaired) electrons. The van der Waals surface area contributed by atoms with Crippen LogP contribution in [-0.4, -0.2) is 36.0 Å². The fraction of sp³-hybridized carbons (Fsp3) is 0.600. The van der Waals surface area contributed by atoms with Crippen molar-refractivity contribution in [3.05, 3.63) is 29.8 Å². The standard InChI is InChI=1S/C15H22BrNO/c1-15(2,11-16)17(3)10-12-8-9-18-14-7-5-4-6-13(12)14/h4-7,12H,8-11H2,1-3H3. The van der Waals surface area contributed by atoms with Crippen molar-refractivity contribution in [2.75, 3.05) is 25.5 Å². The largest absolute Gasteiger partial charge is 0.493 e. The van der Waals surface area contributed by atoms with Crippen LogP contribution in [0.5, 0.6) is 5.75 Å². The number of halogens is 1. The molecule has 1 aromatic rings. The molecular formula is C15H22BrNO. The van der Waals surface area contributed by atoms with Crippen LogP contribution in [-0.2, 0) is 0 Å². The van der Waals surface area contributed by atoms with Gasteiger partial charge in [-0.2, -0.15) is 0 Å². The van der Waals surface area contributed by atoms with E-state index in [1.54, 1.807) is 0 Å². The Labute approximate surface area is 118 Å². The predicted molar refractivity (Wildman–Crippen MR) is 79.8 cm³/mol. The third-order valence-corrected chi connectivity index (χ3v) is 5.31. The first-order valence-corrected chi connectivity index (χ1v) is 7.65. The molecule has 0 aliphatic carbocycles.